The Bertz CT molecular complexity index is 557. The molecule has 4 heteroatoms. The SMILES string of the molecule is Cc1[nH]c2ccc(Br)cc2c1C(=O)C(C)Br. The highest BCUT2D eigenvalue weighted by molar-refractivity contribution is 9.10. The zero-order valence-corrected chi connectivity index (χ0v) is 12.1. The maximum atomic E-state index is 12.1. The molecule has 0 aliphatic rings. The number of alkyl halides is 1. The quantitative estimate of drug-likeness (QED) is 0.642. The fraction of sp³-hybridized carbons (Fsp3) is 0.250. The number of carbonyl (C=O) groups is 1. The molecule has 1 N–H and O–H groups in total. The molecule has 0 saturated carbocycles. The third-order valence-electron chi connectivity index (χ3n) is 2.56. The van der Waals surface area contributed by atoms with Gasteiger partial charge in [-0.15, -0.1) is 0 Å². The molecule has 2 nitrogen and oxygen atoms in total. The molecule has 2 rings (SSSR count). The van der Waals surface area contributed by atoms with Crippen LogP contribution in [0.2, 0.25) is 0 Å². The minimum Gasteiger partial charge on any atom is -0.358 e. The second-order valence-electron chi connectivity index (χ2n) is 3.80. The van der Waals surface area contributed by atoms with Crippen LogP contribution in [0, 0.1) is 6.92 Å². The zero-order valence-electron chi connectivity index (χ0n) is 8.97. The molecular formula is C12H11Br2NO. The van der Waals surface area contributed by atoms with Crippen molar-refractivity contribution in [2.24, 2.45) is 0 Å². The van der Waals surface area contributed by atoms with Crippen LogP contribution in [0.15, 0.2) is 22.7 Å². The molecule has 0 spiro atoms. The molecular weight excluding hydrogens is 334 g/mol. The van der Waals surface area contributed by atoms with E-state index in [1.165, 1.54) is 0 Å². The van der Waals surface area contributed by atoms with E-state index in [0.29, 0.717) is 0 Å². The molecule has 2 aromatic rings. The summed E-state index contributed by atoms with van der Waals surface area (Å²) in [5.41, 5.74) is 2.70. The Morgan fingerprint density at radius 2 is 2.12 bits per heavy atom. The molecule has 1 unspecified atom stereocenters. The number of hydrogen-bond donors (Lipinski definition) is 1. The van der Waals surface area contributed by atoms with E-state index >= 15 is 0 Å². The van der Waals surface area contributed by atoms with Gasteiger partial charge in [0, 0.05) is 26.6 Å². The molecule has 1 aromatic carbocycles. The Hall–Kier alpha value is -0.610. The molecule has 0 aliphatic heterocycles. The minimum atomic E-state index is -0.163. The number of hydrogen-bond acceptors (Lipinski definition) is 1. The fourth-order valence-electron chi connectivity index (χ4n) is 1.82. The Labute approximate surface area is 111 Å². The van der Waals surface area contributed by atoms with Gasteiger partial charge >= 0.3 is 0 Å². The van der Waals surface area contributed by atoms with Crippen LogP contribution in [-0.4, -0.2) is 15.6 Å². The normalized spacial score (nSPS) is 13.0. The minimum absolute atomic E-state index is 0.113. The van der Waals surface area contributed by atoms with Crippen LogP contribution in [0.3, 0.4) is 0 Å². The molecule has 1 aromatic heterocycles. The first-order chi connectivity index (χ1) is 7.50. The van der Waals surface area contributed by atoms with Gasteiger partial charge in [-0.1, -0.05) is 31.9 Å². The standard InChI is InChI=1S/C12H11Br2NO/c1-6(13)12(16)11-7(2)15-10-4-3-8(14)5-9(10)11/h3-6,15H,1-2H3. The largest absolute Gasteiger partial charge is 0.358 e. The lowest BCUT2D eigenvalue weighted by atomic mass is 10.1. The van der Waals surface area contributed by atoms with Crippen molar-refractivity contribution < 1.29 is 4.79 Å². The van der Waals surface area contributed by atoms with Crippen molar-refractivity contribution in [3.63, 3.8) is 0 Å². The van der Waals surface area contributed by atoms with Gasteiger partial charge in [-0.05, 0) is 32.0 Å². The predicted octanol–water partition coefficient (Wildman–Crippen LogP) is 4.20. The number of nitrogens with one attached hydrogen (secondary N) is 1. The Kier molecular flexibility index (Phi) is 3.22. The van der Waals surface area contributed by atoms with Crippen molar-refractivity contribution in [2.75, 3.05) is 0 Å². The van der Waals surface area contributed by atoms with Crippen LogP contribution < -0.4 is 0 Å². The van der Waals surface area contributed by atoms with Crippen LogP contribution in [-0.2, 0) is 0 Å². The van der Waals surface area contributed by atoms with E-state index in [-0.39, 0.29) is 10.6 Å². The number of rotatable bonds is 2. The van der Waals surface area contributed by atoms with Gasteiger partial charge in [0.2, 0.25) is 0 Å². The van der Waals surface area contributed by atoms with Gasteiger partial charge in [-0.3, -0.25) is 4.79 Å². The molecule has 1 heterocycles. The number of H-pyrrole nitrogens is 1. The number of halogens is 2. The summed E-state index contributed by atoms with van der Waals surface area (Å²) in [4.78, 5) is 15.1. The summed E-state index contributed by atoms with van der Waals surface area (Å²) < 4.78 is 0.982. The molecule has 16 heavy (non-hydrogen) atoms. The maximum absolute atomic E-state index is 12.1. The van der Waals surface area contributed by atoms with Crippen molar-refractivity contribution in [2.45, 2.75) is 18.7 Å². The van der Waals surface area contributed by atoms with Gasteiger partial charge in [0.05, 0.1) is 4.83 Å². The number of benzene rings is 1. The molecule has 0 amide bonds. The maximum Gasteiger partial charge on any atom is 0.178 e. The molecule has 1 atom stereocenters. The first kappa shape index (κ1) is 11.9. The second kappa shape index (κ2) is 4.34. The molecule has 84 valence electrons. The van der Waals surface area contributed by atoms with Gasteiger partial charge < -0.3 is 4.98 Å². The van der Waals surface area contributed by atoms with Crippen molar-refractivity contribution in [1.29, 1.82) is 0 Å². The fourth-order valence-corrected chi connectivity index (χ4v) is 2.41. The third kappa shape index (κ3) is 1.96. The van der Waals surface area contributed by atoms with Crippen molar-refractivity contribution >= 4 is 48.5 Å². The highest BCUT2D eigenvalue weighted by Crippen LogP contribution is 2.27. The van der Waals surface area contributed by atoms with Crippen LogP contribution in [0.25, 0.3) is 10.9 Å². The number of Topliss-reactive ketones (excluding diaryl/α,β-unsaturated/α-hetero) is 1. The molecule has 0 saturated heterocycles. The highest BCUT2D eigenvalue weighted by Gasteiger charge is 2.19. The predicted molar refractivity (Wildman–Crippen MR) is 73.5 cm³/mol. The molecule has 0 radical (unpaired) electrons. The van der Waals surface area contributed by atoms with E-state index in [1.807, 2.05) is 32.0 Å². The first-order valence-electron chi connectivity index (χ1n) is 4.97. The Morgan fingerprint density at radius 1 is 1.44 bits per heavy atom. The van der Waals surface area contributed by atoms with Gasteiger partial charge in [0.1, 0.15) is 0 Å². The van der Waals surface area contributed by atoms with Gasteiger partial charge in [0.25, 0.3) is 0 Å². The van der Waals surface area contributed by atoms with E-state index < -0.39 is 0 Å². The number of aromatic amines is 1. The van der Waals surface area contributed by atoms with Gasteiger partial charge in [-0.25, -0.2) is 0 Å². The van der Waals surface area contributed by atoms with E-state index in [0.717, 1.165) is 26.6 Å². The van der Waals surface area contributed by atoms with E-state index in [1.54, 1.807) is 0 Å². The molecule has 0 aliphatic carbocycles. The summed E-state index contributed by atoms with van der Waals surface area (Å²) in [6.45, 7) is 3.77. The van der Waals surface area contributed by atoms with Crippen LogP contribution in [0.5, 0.6) is 0 Å². The third-order valence-corrected chi connectivity index (χ3v) is 3.46. The lowest BCUT2D eigenvalue weighted by Crippen LogP contribution is -2.10. The molecule has 0 fully saturated rings. The number of aromatic nitrogens is 1. The summed E-state index contributed by atoms with van der Waals surface area (Å²) in [6.07, 6.45) is 0. The lowest BCUT2D eigenvalue weighted by molar-refractivity contribution is 0.0997. The smallest absolute Gasteiger partial charge is 0.178 e. The van der Waals surface area contributed by atoms with Crippen molar-refractivity contribution in [3.8, 4) is 0 Å². The van der Waals surface area contributed by atoms with E-state index in [9.17, 15) is 4.79 Å². The second-order valence-corrected chi connectivity index (χ2v) is 6.08. The Morgan fingerprint density at radius 3 is 2.75 bits per heavy atom. The van der Waals surface area contributed by atoms with Crippen LogP contribution in [0.1, 0.15) is 23.0 Å². The number of aryl methyl sites for hydroxylation is 1. The highest BCUT2D eigenvalue weighted by atomic mass is 79.9. The summed E-state index contributed by atoms with van der Waals surface area (Å²) in [5, 5.41) is 0.975. The zero-order chi connectivity index (χ0) is 11.9. The summed E-state index contributed by atoms with van der Waals surface area (Å²) >= 11 is 6.75. The molecule has 0 bridgehead atoms. The van der Waals surface area contributed by atoms with Gasteiger partial charge in [-0.2, -0.15) is 0 Å². The summed E-state index contributed by atoms with van der Waals surface area (Å²) in [6, 6.07) is 5.91. The lowest BCUT2D eigenvalue weighted by Gasteiger charge is -2.02. The van der Waals surface area contributed by atoms with Crippen LogP contribution >= 0.6 is 31.9 Å². The topological polar surface area (TPSA) is 32.9 Å². The average molecular weight is 345 g/mol. The van der Waals surface area contributed by atoms with E-state index in [2.05, 4.69) is 36.8 Å². The van der Waals surface area contributed by atoms with E-state index in [4.69, 9.17) is 0 Å². The summed E-state index contributed by atoms with van der Waals surface area (Å²) in [5.74, 6) is 0.113. The number of ketones is 1. The van der Waals surface area contributed by atoms with Gasteiger partial charge in [0.15, 0.2) is 5.78 Å². The first-order valence-corrected chi connectivity index (χ1v) is 6.67. The van der Waals surface area contributed by atoms with Crippen molar-refractivity contribution in [1.82, 2.24) is 4.98 Å². The number of fused-ring (bicyclic) bond motifs is 1. The van der Waals surface area contributed by atoms with Crippen molar-refractivity contribution in [3.05, 3.63) is 33.9 Å². The monoisotopic (exact) mass is 343 g/mol. The Balaban J connectivity index is 2.72. The number of carbonyl (C=O) groups excluding carboxylic acids is 1. The average Bonchev–Trinajstić information content (AvgIpc) is 2.52. The summed E-state index contributed by atoms with van der Waals surface area (Å²) in [7, 11) is 0. The van der Waals surface area contributed by atoms with Crippen LogP contribution in [0.4, 0.5) is 0 Å².